The smallest absolute Gasteiger partial charge is 0.163 e. The van der Waals surface area contributed by atoms with E-state index < -0.39 is 0 Å². The Kier molecular flexibility index (Phi) is 4.89. The van der Waals surface area contributed by atoms with Gasteiger partial charge in [-0.05, 0) is 51.0 Å². The molecule has 0 spiro atoms. The first-order valence-corrected chi connectivity index (χ1v) is 8.30. The van der Waals surface area contributed by atoms with Crippen molar-refractivity contribution in [2.45, 2.75) is 56.0 Å². The summed E-state index contributed by atoms with van der Waals surface area (Å²) >= 11 is 4.27. The molecule has 2 fully saturated rings. The molecule has 0 aromatic rings. The van der Waals surface area contributed by atoms with Crippen molar-refractivity contribution in [1.29, 1.82) is 0 Å². The standard InChI is InChI=1S/C12H22O2S2/c1-12(2)13-9-10(14-12)5-3-6-11-15-7-4-8-16-11/h10-11H,3-9H2,1-2H3/t10-/m0/s1. The van der Waals surface area contributed by atoms with Crippen LogP contribution < -0.4 is 0 Å². The van der Waals surface area contributed by atoms with Gasteiger partial charge in [0.2, 0.25) is 0 Å². The molecular weight excluding hydrogens is 240 g/mol. The third-order valence-electron chi connectivity index (χ3n) is 2.93. The van der Waals surface area contributed by atoms with Crippen molar-refractivity contribution < 1.29 is 9.47 Å². The minimum Gasteiger partial charge on any atom is -0.348 e. The molecule has 0 aliphatic carbocycles. The third-order valence-corrected chi connectivity index (χ3v) is 6.01. The zero-order chi connectivity index (χ0) is 11.4. The van der Waals surface area contributed by atoms with Gasteiger partial charge in [-0.25, -0.2) is 0 Å². The highest BCUT2D eigenvalue weighted by Crippen LogP contribution is 2.34. The van der Waals surface area contributed by atoms with Crippen molar-refractivity contribution in [2.75, 3.05) is 18.1 Å². The van der Waals surface area contributed by atoms with Crippen molar-refractivity contribution in [2.24, 2.45) is 0 Å². The highest BCUT2D eigenvalue weighted by Gasteiger charge is 2.32. The maximum atomic E-state index is 5.80. The molecule has 2 heterocycles. The van der Waals surface area contributed by atoms with Crippen LogP contribution in [0.25, 0.3) is 0 Å². The molecule has 0 saturated carbocycles. The monoisotopic (exact) mass is 262 g/mol. The maximum absolute atomic E-state index is 5.80. The fourth-order valence-electron chi connectivity index (χ4n) is 2.12. The first kappa shape index (κ1) is 13.1. The van der Waals surface area contributed by atoms with E-state index in [1.165, 1.54) is 30.8 Å². The Morgan fingerprint density at radius 2 is 1.94 bits per heavy atom. The average Bonchev–Trinajstić information content (AvgIpc) is 2.60. The lowest BCUT2D eigenvalue weighted by molar-refractivity contribution is -0.139. The molecule has 2 aliphatic rings. The molecule has 4 heteroatoms. The molecule has 0 unspecified atom stereocenters. The Bertz CT molecular complexity index is 215. The number of hydrogen-bond acceptors (Lipinski definition) is 4. The number of rotatable bonds is 4. The summed E-state index contributed by atoms with van der Waals surface area (Å²) in [6.07, 6.45) is 5.47. The molecule has 94 valence electrons. The van der Waals surface area contributed by atoms with Gasteiger partial charge in [0, 0.05) is 0 Å². The molecule has 0 aromatic heterocycles. The van der Waals surface area contributed by atoms with Crippen LogP contribution >= 0.6 is 23.5 Å². The van der Waals surface area contributed by atoms with Gasteiger partial charge in [0.25, 0.3) is 0 Å². The molecule has 2 nitrogen and oxygen atoms in total. The summed E-state index contributed by atoms with van der Waals surface area (Å²) in [5.74, 6) is 2.36. The van der Waals surface area contributed by atoms with Crippen molar-refractivity contribution in [1.82, 2.24) is 0 Å². The quantitative estimate of drug-likeness (QED) is 0.771. The summed E-state index contributed by atoms with van der Waals surface area (Å²) < 4.78 is 12.2. The summed E-state index contributed by atoms with van der Waals surface area (Å²) in [6.45, 7) is 4.78. The highest BCUT2D eigenvalue weighted by molar-refractivity contribution is 8.17. The fraction of sp³-hybridized carbons (Fsp3) is 1.00. The molecule has 2 aliphatic heterocycles. The Morgan fingerprint density at radius 1 is 1.19 bits per heavy atom. The molecule has 2 rings (SSSR count). The first-order valence-electron chi connectivity index (χ1n) is 6.21. The van der Waals surface area contributed by atoms with Gasteiger partial charge in [0.15, 0.2) is 5.79 Å². The van der Waals surface area contributed by atoms with Gasteiger partial charge >= 0.3 is 0 Å². The molecule has 1 atom stereocenters. The number of thioether (sulfide) groups is 2. The van der Waals surface area contributed by atoms with Crippen molar-refractivity contribution in [3.05, 3.63) is 0 Å². The minimum absolute atomic E-state index is 0.327. The van der Waals surface area contributed by atoms with Crippen molar-refractivity contribution in [3.63, 3.8) is 0 Å². The Labute approximate surface area is 107 Å². The van der Waals surface area contributed by atoms with E-state index in [0.717, 1.165) is 17.6 Å². The normalized spacial score (nSPS) is 30.8. The van der Waals surface area contributed by atoms with Crippen molar-refractivity contribution >= 4 is 23.5 Å². The number of ether oxygens (including phenoxy) is 2. The van der Waals surface area contributed by atoms with E-state index in [9.17, 15) is 0 Å². The molecule has 16 heavy (non-hydrogen) atoms. The van der Waals surface area contributed by atoms with Gasteiger partial charge in [-0.15, -0.1) is 23.5 Å². The summed E-state index contributed by atoms with van der Waals surface area (Å²) in [4.78, 5) is 0. The largest absolute Gasteiger partial charge is 0.348 e. The second kappa shape index (κ2) is 5.98. The van der Waals surface area contributed by atoms with Crippen molar-refractivity contribution in [3.8, 4) is 0 Å². The lowest BCUT2D eigenvalue weighted by Gasteiger charge is -2.21. The predicted octanol–water partition coefficient (Wildman–Crippen LogP) is 3.50. The van der Waals surface area contributed by atoms with Gasteiger partial charge < -0.3 is 9.47 Å². The zero-order valence-electron chi connectivity index (χ0n) is 10.2. The third kappa shape index (κ3) is 4.13. The fourth-order valence-corrected chi connectivity index (χ4v) is 5.08. The molecular formula is C12H22O2S2. The lowest BCUT2D eigenvalue weighted by atomic mass is 10.2. The number of hydrogen-bond donors (Lipinski definition) is 0. The van der Waals surface area contributed by atoms with E-state index in [1.54, 1.807) is 0 Å². The van der Waals surface area contributed by atoms with Gasteiger partial charge in [0.1, 0.15) is 0 Å². The lowest BCUT2D eigenvalue weighted by Crippen LogP contribution is -2.21. The summed E-state index contributed by atoms with van der Waals surface area (Å²) in [6, 6.07) is 0. The molecule has 0 amide bonds. The predicted molar refractivity (Wildman–Crippen MR) is 72.1 cm³/mol. The van der Waals surface area contributed by atoms with Gasteiger partial charge in [-0.1, -0.05) is 0 Å². The van der Waals surface area contributed by atoms with Crippen LogP contribution in [-0.2, 0) is 9.47 Å². The van der Waals surface area contributed by atoms with Gasteiger partial charge in [-0.2, -0.15) is 0 Å². The van der Waals surface area contributed by atoms with Crippen LogP contribution in [0.4, 0.5) is 0 Å². The van der Waals surface area contributed by atoms with Crippen LogP contribution in [0.15, 0.2) is 0 Å². The van der Waals surface area contributed by atoms with Crippen LogP contribution in [0.1, 0.15) is 39.5 Å². The topological polar surface area (TPSA) is 18.5 Å². The van der Waals surface area contributed by atoms with E-state index in [4.69, 9.17) is 9.47 Å². The molecule has 0 N–H and O–H groups in total. The van der Waals surface area contributed by atoms with Crippen LogP contribution in [0.2, 0.25) is 0 Å². The zero-order valence-corrected chi connectivity index (χ0v) is 11.9. The Morgan fingerprint density at radius 3 is 2.56 bits per heavy atom. The van der Waals surface area contributed by atoms with E-state index in [1.807, 2.05) is 13.8 Å². The van der Waals surface area contributed by atoms with Crippen LogP contribution in [-0.4, -0.2) is 34.6 Å². The highest BCUT2D eigenvalue weighted by atomic mass is 32.2. The van der Waals surface area contributed by atoms with Crippen LogP contribution in [0.5, 0.6) is 0 Å². The second-order valence-electron chi connectivity index (χ2n) is 4.91. The second-order valence-corrected chi connectivity index (χ2v) is 7.83. The van der Waals surface area contributed by atoms with Gasteiger partial charge in [-0.3, -0.25) is 0 Å². The van der Waals surface area contributed by atoms with E-state index >= 15 is 0 Å². The minimum atomic E-state index is -0.348. The summed E-state index contributed by atoms with van der Waals surface area (Å²) in [7, 11) is 0. The molecule has 0 aromatic carbocycles. The summed E-state index contributed by atoms with van der Waals surface area (Å²) in [5, 5.41) is 0. The van der Waals surface area contributed by atoms with Crippen LogP contribution in [0, 0.1) is 0 Å². The summed E-state index contributed by atoms with van der Waals surface area (Å²) in [5.41, 5.74) is 0. The van der Waals surface area contributed by atoms with E-state index in [2.05, 4.69) is 23.5 Å². The van der Waals surface area contributed by atoms with Crippen LogP contribution in [0.3, 0.4) is 0 Å². The molecule has 0 radical (unpaired) electrons. The van der Waals surface area contributed by atoms with E-state index in [-0.39, 0.29) is 5.79 Å². The maximum Gasteiger partial charge on any atom is 0.163 e. The molecule has 2 saturated heterocycles. The SMILES string of the molecule is CC1(C)OC[C@H](CCCC2SCCCS2)O1. The van der Waals surface area contributed by atoms with Gasteiger partial charge in [0.05, 0.1) is 17.3 Å². The Balaban J connectivity index is 1.58. The average molecular weight is 262 g/mol. The Hall–Kier alpha value is 0.620. The molecule has 0 bridgehead atoms. The van der Waals surface area contributed by atoms with E-state index in [0.29, 0.717) is 6.10 Å². The first-order chi connectivity index (χ1) is 7.66.